The van der Waals surface area contributed by atoms with E-state index in [1.807, 2.05) is 36.4 Å². The molecule has 1 N–H and O–H groups in total. The average Bonchev–Trinajstić information content (AvgIpc) is 3.13. The smallest absolute Gasteiger partial charge is 0.307 e. The molecule has 0 radical (unpaired) electrons. The van der Waals surface area contributed by atoms with E-state index in [1.165, 1.54) is 12.3 Å². The zero-order chi connectivity index (χ0) is 18.8. The van der Waals surface area contributed by atoms with Crippen molar-refractivity contribution < 1.29 is 14.1 Å². The van der Waals surface area contributed by atoms with Gasteiger partial charge in [0.05, 0.1) is 16.7 Å². The molecule has 1 heterocycles. The van der Waals surface area contributed by atoms with Crippen LogP contribution in [0.2, 0.25) is 0 Å². The Kier molecular flexibility index (Phi) is 4.10. The average molecular weight is 359 g/mol. The van der Waals surface area contributed by atoms with Gasteiger partial charge in [-0.1, -0.05) is 42.5 Å². The number of benzene rings is 3. The predicted molar refractivity (Wildman–Crippen MR) is 102 cm³/mol. The number of hydrogen-bond donors (Lipinski definition) is 1. The minimum atomic E-state index is -0.537. The molecule has 0 aliphatic heterocycles. The standard InChI is InChI=1S/C20H13N3O4/c24-20(22-21-12-14-6-2-4-8-17(14)23(25)26)19-11-16-15-7-3-1-5-13(15)9-10-18(16)27-19/h1-12H,(H,22,24)/b21-12+. The first-order valence-electron chi connectivity index (χ1n) is 8.11. The largest absolute Gasteiger partial charge is 0.451 e. The van der Waals surface area contributed by atoms with Crippen LogP contribution >= 0.6 is 0 Å². The van der Waals surface area contributed by atoms with Gasteiger partial charge in [0.2, 0.25) is 0 Å². The Morgan fingerprint density at radius 2 is 1.81 bits per heavy atom. The van der Waals surface area contributed by atoms with Gasteiger partial charge >= 0.3 is 5.91 Å². The molecule has 0 unspecified atom stereocenters. The quantitative estimate of drug-likeness (QED) is 0.334. The molecular weight excluding hydrogens is 346 g/mol. The van der Waals surface area contributed by atoms with Gasteiger partial charge < -0.3 is 4.42 Å². The second kappa shape index (κ2) is 6.72. The van der Waals surface area contributed by atoms with Crippen LogP contribution in [-0.4, -0.2) is 17.0 Å². The minimum absolute atomic E-state index is 0.0919. The summed E-state index contributed by atoms with van der Waals surface area (Å²) in [7, 11) is 0. The molecule has 0 spiro atoms. The fourth-order valence-electron chi connectivity index (χ4n) is 2.88. The molecule has 0 aliphatic carbocycles. The lowest BCUT2D eigenvalue weighted by atomic mass is 10.1. The monoisotopic (exact) mass is 359 g/mol. The third-order valence-corrected chi connectivity index (χ3v) is 4.15. The highest BCUT2D eigenvalue weighted by Gasteiger charge is 2.14. The Hall–Kier alpha value is -4.00. The molecule has 4 aromatic rings. The fourth-order valence-corrected chi connectivity index (χ4v) is 2.88. The molecular formula is C20H13N3O4. The lowest BCUT2D eigenvalue weighted by molar-refractivity contribution is -0.385. The van der Waals surface area contributed by atoms with Crippen LogP contribution in [0.4, 0.5) is 5.69 Å². The molecule has 4 rings (SSSR count). The molecule has 0 saturated heterocycles. The number of furan rings is 1. The highest BCUT2D eigenvalue weighted by molar-refractivity contribution is 6.08. The number of rotatable bonds is 4. The zero-order valence-corrected chi connectivity index (χ0v) is 14.0. The van der Waals surface area contributed by atoms with Crippen LogP contribution in [0.5, 0.6) is 0 Å². The first kappa shape index (κ1) is 16.5. The summed E-state index contributed by atoms with van der Waals surface area (Å²) in [5.74, 6) is -0.425. The van der Waals surface area contributed by atoms with Gasteiger partial charge in [-0.2, -0.15) is 5.10 Å². The molecule has 7 heteroatoms. The van der Waals surface area contributed by atoms with Gasteiger partial charge in [0.1, 0.15) is 5.58 Å². The number of amides is 1. The van der Waals surface area contributed by atoms with Gasteiger partial charge in [0.25, 0.3) is 5.69 Å². The number of nitro benzene ring substituents is 1. The predicted octanol–water partition coefficient (Wildman–Crippen LogP) is 4.26. The first-order valence-corrected chi connectivity index (χ1v) is 8.11. The van der Waals surface area contributed by atoms with Crippen molar-refractivity contribution >= 4 is 39.6 Å². The van der Waals surface area contributed by atoms with Crippen LogP contribution < -0.4 is 5.43 Å². The summed E-state index contributed by atoms with van der Waals surface area (Å²) in [5, 5.41) is 17.7. The van der Waals surface area contributed by atoms with Crippen molar-refractivity contribution in [3.05, 3.63) is 88.2 Å². The molecule has 3 aromatic carbocycles. The van der Waals surface area contributed by atoms with Gasteiger partial charge in [-0.15, -0.1) is 0 Å². The summed E-state index contributed by atoms with van der Waals surface area (Å²) in [6, 6.07) is 19.3. The van der Waals surface area contributed by atoms with Crippen molar-refractivity contribution in [3.63, 3.8) is 0 Å². The van der Waals surface area contributed by atoms with E-state index in [1.54, 1.807) is 24.3 Å². The van der Waals surface area contributed by atoms with Crippen molar-refractivity contribution in [2.75, 3.05) is 0 Å². The normalized spacial score (nSPS) is 11.3. The van der Waals surface area contributed by atoms with E-state index in [4.69, 9.17) is 4.42 Å². The van der Waals surface area contributed by atoms with Crippen LogP contribution in [0, 0.1) is 10.1 Å². The molecule has 7 nitrogen and oxygen atoms in total. The molecule has 1 amide bonds. The first-order chi connectivity index (χ1) is 13.1. The molecule has 0 bridgehead atoms. The number of para-hydroxylation sites is 1. The van der Waals surface area contributed by atoms with Gasteiger partial charge in [0, 0.05) is 11.5 Å². The van der Waals surface area contributed by atoms with Crippen LogP contribution in [-0.2, 0) is 0 Å². The lowest BCUT2D eigenvalue weighted by Gasteiger charge is -1.97. The Morgan fingerprint density at radius 3 is 2.67 bits per heavy atom. The lowest BCUT2D eigenvalue weighted by Crippen LogP contribution is -2.16. The molecule has 27 heavy (non-hydrogen) atoms. The molecule has 0 saturated carbocycles. The number of nitro groups is 1. The summed E-state index contributed by atoms with van der Waals surface area (Å²) < 4.78 is 5.61. The Morgan fingerprint density at radius 1 is 1.04 bits per heavy atom. The van der Waals surface area contributed by atoms with Gasteiger partial charge in [0.15, 0.2) is 5.76 Å². The fraction of sp³-hybridized carbons (Fsp3) is 0. The van der Waals surface area contributed by atoms with E-state index < -0.39 is 10.8 Å². The Bertz CT molecular complexity index is 1210. The van der Waals surface area contributed by atoms with Gasteiger partial charge in [-0.05, 0) is 29.0 Å². The molecule has 0 atom stereocenters. The molecule has 0 aliphatic rings. The van der Waals surface area contributed by atoms with E-state index in [-0.39, 0.29) is 11.4 Å². The van der Waals surface area contributed by atoms with E-state index in [9.17, 15) is 14.9 Å². The van der Waals surface area contributed by atoms with E-state index >= 15 is 0 Å². The van der Waals surface area contributed by atoms with E-state index in [0.29, 0.717) is 11.1 Å². The van der Waals surface area contributed by atoms with Crippen LogP contribution in [0.15, 0.2) is 76.2 Å². The van der Waals surface area contributed by atoms with Gasteiger partial charge in [-0.25, -0.2) is 5.43 Å². The van der Waals surface area contributed by atoms with Crippen molar-refractivity contribution in [2.24, 2.45) is 5.10 Å². The molecule has 0 fully saturated rings. The minimum Gasteiger partial charge on any atom is -0.451 e. The summed E-state index contributed by atoms with van der Waals surface area (Å²) >= 11 is 0. The van der Waals surface area contributed by atoms with Crippen LogP contribution in [0.3, 0.4) is 0 Å². The zero-order valence-electron chi connectivity index (χ0n) is 14.0. The number of hydrogen-bond acceptors (Lipinski definition) is 5. The molecule has 1 aromatic heterocycles. The van der Waals surface area contributed by atoms with E-state index in [2.05, 4.69) is 10.5 Å². The van der Waals surface area contributed by atoms with Crippen molar-refractivity contribution in [1.82, 2.24) is 5.43 Å². The number of nitrogens with one attached hydrogen (secondary N) is 1. The van der Waals surface area contributed by atoms with Gasteiger partial charge in [-0.3, -0.25) is 14.9 Å². The summed E-state index contributed by atoms with van der Waals surface area (Å²) in [6.45, 7) is 0. The topological polar surface area (TPSA) is 97.7 Å². The number of hydrazone groups is 1. The highest BCUT2D eigenvalue weighted by atomic mass is 16.6. The van der Waals surface area contributed by atoms with Crippen LogP contribution in [0.25, 0.3) is 21.7 Å². The number of nitrogens with zero attached hydrogens (tertiary/aromatic N) is 2. The maximum Gasteiger partial charge on any atom is 0.307 e. The third kappa shape index (κ3) is 3.13. The molecule has 132 valence electrons. The maximum absolute atomic E-state index is 12.3. The van der Waals surface area contributed by atoms with Crippen molar-refractivity contribution in [3.8, 4) is 0 Å². The van der Waals surface area contributed by atoms with E-state index in [0.717, 1.165) is 16.2 Å². The second-order valence-corrected chi connectivity index (χ2v) is 5.82. The van der Waals surface area contributed by atoms with Crippen molar-refractivity contribution in [2.45, 2.75) is 0 Å². The highest BCUT2D eigenvalue weighted by Crippen LogP contribution is 2.28. The maximum atomic E-state index is 12.3. The number of fused-ring (bicyclic) bond motifs is 3. The summed E-state index contributed by atoms with van der Waals surface area (Å²) in [5.41, 5.74) is 3.13. The number of carbonyl (C=O) groups is 1. The van der Waals surface area contributed by atoms with Crippen LogP contribution in [0.1, 0.15) is 16.1 Å². The third-order valence-electron chi connectivity index (χ3n) is 4.15. The van der Waals surface area contributed by atoms with Crippen molar-refractivity contribution in [1.29, 1.82) is 0 Å². The SMILES string of the molecule is O=C(N/N=C/c1ccccc1[N+](=O)[O-])c1cc2c(ccc3ccccc32)o1. The Labute approximate surface area is 153 Å². The summed E-state index contributed by atoms with van der Waals surface area (Å²) in [6.07, 6.45) is 1.23. The number of carbonyl (C=O) groups excluding carboxylic acids is 1. The second-order valence-electron chi connectivity index (χ2n) is 5.82. The Balaban J connectivity index is 1.59. The summed E-state index contributed by atoms with van der Waals surface area (Å²) in [4.78, 5) is 22.8.